The Morgan fingerprint density at radius 3 is 2.34 bits per heavy atom. The monoisotopic (exact) mass is 418 g/mol. The van der Waals surface area contributed by atoms with Crippen molar-refractivity contribution in [3.8, 4) is 11.5 Å². The Bertz CT molecular complexity index is 967. The molecule has 2 aromatic rings. The van der Waals surface area contributed by atoms with Gasteiger partial charge >= 0.3 is 0 Å². The quantitative estimate of drug-likeness (QED) is 0.776. The molecule has 3 rings (SSSR count). The molecule has 2 aromatic carbocycles. The molecular weight excluding hydrogens is 392 g/mol. The van der Waals surface area contributed by atoms with Gasteiger partial charge in [0.25, 0.3) is 5.91 Å². The van der Waals surface area contributed by atoms with Crippen LogP contribution in [-0.2, 0) is 10.0 Å². The first-order valence-electron chi connectivity index (χ1n) is 9.59. The molecule has 1 N–H and O–H groups in total. The summed E-state index contributed by atoms with van der Waals surface area (Å²) in [4.78, 5) is 12.8. The Labute approximate surface area is 171 Å². The number of nitrogens with one attached hydrogen (secondary N) is 1. The summed E-state index contributed by atoms with van der Waals surface area (Å²) >= 11 is 0. The van der Waals surface area contributed by atoms with Crippen LogP contribution >= 0.6 is 0 Å². The van der Waals surface area contributed by atoms with E-state index in [1.807, 2.05) is 0 Å². The topological polar surface area (TPSA) is 84.9 Å². The van der Waals surface area contributed by atoms with Crippen LogP contribution < -0.4 is 14.8 Å². The fourth-order valence-corrected chi connectivity index (χ4v) is 4.88. The summed E-state index contributed by atoms with van der Waals surface area (Å²) in [6.07, 6.45) is 3.79. The van der Waals surface area contributed by atoms with Gasteiger partial charge in [0, 0.05) is 18.7 Å². The summed E-state index contributed by atoms with van der Waals surface area (Å²) in [5.74, 6) is 0.560. The fourth-order valence-electron chi connectivity index (χ4n) is 3.34. The molecule has 1 fully saturated rings. The molecule has 1 aliphatic heterocycles. The van der Waals surface area contributed by atoms with Gasteiger partial charge in [-0.25, -0.2) is 8.42 Å². The van der Waals surface area contributed by atoms with E-state index in [1.165, 1.54) is 30.7 Å². The number of hydrogen-bond acceptors (Lipinski definition) is 5. The van der Waals surface area contributed by atoms with Crippen molar-refractivity contribution in [1.29, 1.82) is 0 Å². The molecule has 0 saturated carbocycles. The Morgan fingerprint density at radius 2 is 1.69 bits per heavy atom. The number of anilines is 1. The van der Waals surface area contributed by atoms with Crippen molar-refractivity contribution in [3.05, 3.63) is 48.0 Å². The lowest BCUT2D eigenvalue weighted by atomic mass is 10.2. The summed E-state index contributed by atoms with van der Waals surface area (Å²) in [6.45, 7) is 1.03. The zero-order chi connectivity index (χ0) is 20.9. The average Bonchev–Trinajstić information content (AvgIpc) is 3.04. The normalized spacial score (nSPS) is 15.4. The number of rotatable bonds is 6. The molecule has 0 bridgehead atoms. The molecule has 29 heavy (non-hydrogen) atoms. The molecule has 0 aliphatic carbocycles. The Balaban J connectivity index is 1.89. The number of carbonyl (C=O) groups excluding carboxylic acids is 1. The van der Waals surface area contributed by atoms with E-state index in [9.17, 15) is 13.2 Å². The van der Waals surface area contributed by atoms with Crippen LogP contribution in [0.25, 0.3) is 0 Å². The lowest BCUT2D eigenvalue weighted by Crippen LogP contribution is -2.32. The van der Waals surface area contributed by atoms with Gasteiger partial charge in [-0.3, -0.25) is 4.79 Å². The van der Waals surface area contributed by atoms with Gasteiger partial charge in [0.05, 0.1) is 24.8 Å². The van der Waals surface area contributed by atoms with Gasteiger partial charge in [0.15, 0.2) is 0 Å². The molecule has 1 amide bonds. The third-order valence-electron chi connectivity index (χ3n) is 4.95. The van der Waals surface area contributed by atoms with E-state index < -0.39 is 10.0 Å². The minimum Gasteiger partial charge on any atom is -0.497 e. The standard InChI is InChI=1S/C21H26N2O5S/c1-27-17-9-7-8-16(14-17)21(24)22-19-15-18(10-11-20(19)28-2)29(25,26)23-12-5-3-4-6-13-23/h7-11,14-15H,3-6,12-13H2,1-2H3,(H,22,24). The van der Waals surface area contributed by atoms with E-state index in [4.69, 9.17) is 9.47 Å². The largest absolute Gasteiger partial charge is 0.497 e. The minimum atomic E-state index is -3.64. The van der Waals surface area contributed by atoms with E-state index in [0.717, 1.165) is 25.7 Å². The molecule has 0 spiro atoms. The molecule has 1 aliphatic rings. The van der Waals surface area contributed by atoms with Crippen LogP contribution in [0.2, 0.25) is 0 Å². The number of sulfonamides is 1. The van der Waals surface area contributed by atoms with E-state index in [0.29, 0.717) is 35.8 Å². The van der Waals surface area contributed by atoms with Crippen molar-refractivity contribution in [1.82, 2.24) is 4.31 Å². The van der Waals surface area contributed by atoms with E-state index in [1.54, 1.807) is 30.3 Å². The second kappa shape index (κ2) is 9.28. The van der Waals surface area contributed by atoms with Crippen molar-refractivity contribution in [3.63, 3.8) is 0 Å². The maximum atomic E-state index is 13.1. The molecule has 1 saturated heterocycles. The zero-order valence-corrected chi connectivity index (χ0v) is 17.5. The van der Waals surface area contributed by atoms with Crippen molar-refractivity contribution in [2.45, 2.75) is 30.6 Å². The highest BCUT2D eigenvalue weighted by Gasteiger charge is 2.26. The number of nitrogens with zero attached hydrogens (tertiary/aromatic N) is 1. The predicted octanol–water partition coefficient (Wildman–Crippen LogP) is 3.52. The predicted molar refractivity (Wildman–Crippen MR) is 111 cm³/mol. The number of amides is 1. The first-order valence-corrected chi connectivity index (χ1v) is 11.0. The van der Waals surface area contributed by atoms with Gasteiger partial charge in [-0.2, -0.15) is 4.31 Å². The van der Waals surface area contributed by atoms with Gasteiger partial charge in [-0.05, 0) is 49.2 Å². The molecule has 7 nitrogen and oxygen atoms in total. The van der Waals surface area contributed by atoms with Gasteiger partial charge in [-0.1, -0.05) is 18.9 Å². The first-order chi connectivity index (χ1) is 14.0. The Kier molecular flexibility index (Phi) is 6.76. The van der Waals surface area contributed by atoms with Crippen LogP contribution in [0.4, 0.5) is 5.69 Å². The van der Waals surface area contributed by atoms with Crippen LogP contribution in [-0.4, -0.2) is 45.9 Å². The lowest BCUT2D eigenvalue weighted by molar-refractivity contribution is 0.102. The average molecular weight is 419 g/mol. The summed E-state index contributed by atoms with van der Waals surface area (Å²) in [5.41, 5.74) is 0.698. The third-order valence-corrected chi connectivity index (χ3v) is 6.85. The molecule has 0 atom stereocenters. The maximum Gasteiger partial charge on any atom is 0.255 e. The molecule has 8 heteroatoms. The maximum absolute atomic E-state index is 13.1. The van der Waals surface area contributed by atoms with Gasteiger partial charge in [-0.15, -0.1) is 0 Å². The molecule has 0 aromatic heterocycles. The number of hydrogen-bond donors (Lipinski definition) is 1. The Hall–Kier alpha value is -2.58. The Morgan fingerprint density at radius 1 is 0.966 bits per heavy atom. The number of carbonyl (C=O) groups is 1. The smallest absolute Gasteiger partial charge is 0.255 e. The molecule has 156 valence electrons. The number of methoxy groups -OCH3 is 2. The summed E-state index contributed by atoms with van der Waals surface area (Å²) in [6, 6.07) is 11.3. The van der Waals surface area contributed by atoms with Gasteiger partial charge in [0.1, 0.15) is 11.5 Å². The summed E-state index contributed by atoms with van der Waals surface area (Å²) in [5, 5.41) is 2.75. The highest BCUT2D eigenvalue weighted by atomic mass is 32.2. The molecular formula is C21H26N2O5S. The van der Waals surface area contributed by atoms with E-state index in [-0.39, 0.29) is 10.8 Å². The van der Waals surface area contributed by atoms with Crippen LogP contribution in [0.3, 0.4) is 0 Å². The van der Waals surface area contributed by atoms with Crippen molar-refractivity contribution >= 4 is 21.6 Å². The highest BCUT2D eigenvalue weighted by molar-refractivity contribution is 7.89. The van der Waals surface area contributed by atoms with Gasteiger partial charge in [0.2, 0.25) is 10.0 Å². The van der Waals surface area contributed by atoms with Gasteiger partial charge < -0.3 is 14.8 Å². The zero-order valence-electron chi connectivity index (χ0n) is 16.7. The van der Waals surface area contributed by atoms with Crippen LogP contribution in [0, 0.1) is 0 Å². The first kappa shape index (κ1) is 21.1. The lowest BCUT2D eigenvalue weighted by Gasteiger charge is -2.21. The van der Waals surface area contributed by atoms with Crippen molar-refractivity contribution < 1.29 is 22.7 Å². The fraction of sp³-hybridized carbons (Fsp3) is 0.381. The van der Waals surface area contributed by atoms with Crippen LogP contribution in [0.1, 0.15) is 36.0 Å². The van der Waals surface area contributed by atoms with Crippen LogP contribution in [0.15, 0.2) is 47.4 Å². The number of benzene rings is 2. The van der Waals surface area contributed by atoms with E-state index in [2.05, 4.69) is 5.32 Å². The summed E-state index contributed by atoms with van der Waals surface area (Å²) < 4.78 is 38.2. The van der Waals surface area contributed by atoms with Crippen LogP contribution in [0.5, 0.6) is 11.5 Å². The van der Waals surface area contributed by atoms with Crippen molar-refractivity contribution in [2.24, 2.45) is 0 Å². The second-order valence-electron chi connectivity index (χ2n) is 6.87. The van der Waals surface area contributed by atoms with E-state index >= 15 is 0 Å². The number of ether oxygens (including phenoxy) is 2. The third kappa shape index (κ3) is 4.89. The second-order valence-corrected chi connectivity index (χ2v) is 8.80. The molecule has 0 unspecified atom stereocenters. The summed E-state index contributed by atoms with van der Waals surface area (Å²) in [7, 11) is -0.641. The minimum absolute atomic E-state index is 0.140. The highest BCUT2D eigenvalue weighted by Crippen LogP contribution is 2.30. The molecule has 1 heterocycles. The molecule has 0 radical (unpaired) electrons. The van der Waals surface area contributed by atoms with Crippen molar-refractivity contribution in [2.75, 3.05) is 32.6 Å². The SMILES string of the molecule is COc1cccc(C(=O)Nc2cc(S(=O)(=O)N3CCCCCC3)ccc2OC)c1.